The van der Waals surface area contributed by atoms with Crippen LogP contribution in [0.4, 0.5) is 13.2 Å². The summed E-state index contributed by atoms with van der Waals surface area (Å²) < 4.78 is 40.1. The SMILES string of the molecule is CCCCC[SiH]1CCC(C2CCC(CCCCc3ccc(C(F)(F)Cl)c(F)c3)CC2)CC1. The molecular formula is C27H42ClF3Si. The lowest BCUT2D eigenvalue weighted by atomic mass is 9.73. The third kappa shape index (κ3) is 8.08. The van der Waals surface area contributed by atoms with Gasteiger partial charge in [-0.05, 0) is 72.7 Å². The minimum absolute atomic E-state index is 0.390. The molecule has 3 rings (SSSR count). The van der Waals surface area contributed by atoms with Gasteiger partial charge in [0.15, 0.2) is 0 Å². The van der Waals surface area contributed by atoms with Crippen LogP contribution >= 0.6 is 11.6 Å². The highest BCUT2D eigenvalue weighted by Crippen LogP contribution is 2.42. The van der Waals surface area contributed by atoms with Crippen molar-refractivity contribution in [3.8, 4) is 0 Å². The number of rotatable bonds is 11. The molecule has 0 nitrogen and oxygen atoms in total. The van der Waals surface area contributed by atoms with Crippen LogP contribution in [0.1, 0.15) is 95.1 Å². The van der Waals surface area contributed by atoms with Crippen molar-refractivity contribution in [1.82, 2.24) is 0 Å². The Morgan fingerprint density at radius 3 is 2.25 bits per heavy atom. The standard InChI is InChI=1S/C27H42ClF3Si/c1-2-3-6-17-32-18-15-24(16-19-32)23-12-9-21(10-13-23)7-4-5-8-22-11-14-25(26(29)20-22)27(28,30)31/h11,14,20-21,23-24,32H,2-10,12-13,15-19H2,1H3. The van der Waals surface area contributed by atoms with E-state index in [0.29, 0.717) is 0 Å². The van der Waals surface area contributed by atoms with Crippen molar-refractivity contribution in [2.45, 2.75) is 114 Å². The van der Waals surface area contributed by atoms with Gasteiger partial charge in [-0.15, -0.1) is 0 Å². The average Bonchev–Trinajstić information content (AvgIpc) is 2.77. The van der Waals surface area contributed by atoms with E-state index in [1.165, 1.54) is 70.3 Å². The molecule has 2 fully saturated rings. The molecule has 1 aromatic rings. The number of aryl methyl sites for hydroxylation is 1. The lowest BCUT2D eigenvalue weighted by Crippen LogP contribution is -2.28. The van der Waals surface area contributed by atoms with E-state index in [2.05, 4.69) is 6.92 Å². The molecule has 1 heterocycles. The van der Waals surface area contributed by atoms with Crippen LogP contribution in [0.5, 0.6) is 0 Å². The molecule has 1 aliphatic heterocycles. The summed E-state index contributed by atoms with van der Waals surface area (Å²) in [6, 6.07) is 8.75. The van der Waals surface area contributed by atoms with Crippen LogP contribution in [0.3, 0.4) is 0 Å². The van der Waals surface area contributed by atoms with Gasteiger partial charge in [-0.25, -0.2) is 4.39 Å². The Kier molecular flexibility index (Phi) is 10.5. The summed E-state index contributed by atoms with van der Waals surface area (Å²) in [5.74, 6) is 1.95. The molecule has 1 saturated heterocycles. The zero-order valence-corrected chi connectivity index (χ0v) is 21.8. The third-order valence-corrected chi connectivity index (χ3v) is 12.1. The zero-order valence-electron chi connectivity index (χ0n) is 19.9. The highest BCUT2D eigenvalue weighted by Gasteiger charge is 2.32. The second-order valence-electron chi connectivity index (χ2n) is 10.6. The summed E-state index contributed by atoms with van der Waals surface area (Å²) in [6.07, 6.45) is 17.1. The summed E-state index contributed by atoms with van der Waals surface area (Å²) in [5.41, 5.74) is 0.0525. The van der Waals surface area contributed by atoms with Crippen molar-refractivity contribution < 1.29 is 13.2 Å². The predicted octanol–water partition coefficient (Wildman–Crippen LogP) is 9.46. The summed E-state index contributed by atoms with van der Waals surface area (Å²) in [6.45, 7) is 2.31. The fourth-order valence-corrected chi connectivity index (χ4v) is 9.97. The largest absolute Gasteiger partial charge is 0.351 e. The van der Waals surface area contributed by atoms with E-state index in [0.717, 1.165) is 48.6 Å². The molecule has 182 valence electrons. The first-order valence-electron chi connectivity index (χ1n) is 13.2. The van der Waals surface area contributed by atoms with Crippen LogP contribution in [0.15, 0.2) is 18.2 Å². The molecule has 1 aliphatic carbocycles. The Labute approximate surface area is 200 Å². The fraction of sp³-hybridized carbons (Fsp3) is 0.778. The van der Waals surface area contributed by atoms with E-state index in [1.54, 1.807) is 24.2 Å². The highest BCUT2D eigenvalue weighted by atomic mass is 35.5. The number of alkyl halides is 3. The molecule has 2 aliphatic rings. The Morgan fingerprint density at radius 1 is 0.938 bits per heavy atom. The minimum atomic E-state index is -3.64. The van der Waals surface area contributed by atoms with E-state index in [4.69, 9.17) is 11.6 Å². The van der Waals surface area contributed by atoms with Gasteiger partial charge in [0.1, 0.15) is 5.82 Å². The van der Waals surface area contributed by atoms with Gasteiger partial charge in [-0.2, -0.15) is 8.78 Å². The number of hydrogen-bond acceptors (Lipinski definition) is 0. The van der Waals surface area contributed by atoms with Gasteiger partial charge in [0, 0.05) is 8.80 Å². The number of halogens is 4. The Bertz CT molecular complexity index is 674. The molecular weight excluding hydrogens is 445 g/mol. The fourth-order valence-electron chi connectivity index (χ4n) is 6.29. The maximum Gasteiger partial charge on any atom is 0.351 e. The van der Waals surface area contributed by atoms with Crippen LogP contribution in [0.2, 0.25) is 18.1 Å². The maximum atomic E-state index is 13.9. The van der Waals surface area contributed by atoms with Crippen molar-refractivity contribution in [3.05, 3.63) is 35.1 Å². The van der Waals surface area contributed by atoms with Gasteiger partial charge in [0.2, 0.25) is 0 Å². The molecule has 0 bridgehead atoms. The first-order valence-corrected chi connectivity index (χ1v) is 16.0. The minimum Gasteiger partial charge on any atom is -0.206 e. The van der Waals surface area contributed by atoms with Gasteiger partial charge in [0.05, 0.1) is 5.56 Å². The van der Waals surface area contributed by atoms with Gasteiger partial charge in [-0.3, -0.25) is 0 Å². The third-order valence-electron chi connectivity index (χ3n) is 8.33. The van der Waals surface area contributed by atoms with E-state index in [9.17, 15) is 13.2 Å². The van der Waals surface area contributed by atoms with Crippen molar-refractivity contribution in [2.24, 2.45) is 17.8 Å². The monoisotopic (exact) mass is 486 g/mol. The number of benzene rings is 1. The summed E-state index contributed by atoms with van der Waals surface area (Å²) in [7, 11) is -0.390. The lowest BCUT2D eigenvalue weighted by molar-refractivity contribution is 0.0906. The number of hydrogen-bond donors (Lipinski definition) is 0. The van der Waals surface area contributed by atoms with Crippen molar-refractivity contribution in [1.29, 1.82) is 0 Å². The smallest absolute Gasteiger partial charge is 0.206 e. The molecule has 0 amide bonds. The predicted molar refractivity (Wildman–Crippen MR) is 133 cm³/mol. The lowest BCUT2D eigenvalue weighted by Gasteiger charge is -2.37. The maximum absolute atomic E-state index is 13.9. The highest BCUT2D eigenvalue weighted by molar-refractivity contribution is 6.58. The van der Waals surface area contributed by atoms with Crippen molar-refractivity contribution in [2.75, 3.05) is 0 Å². The summed E-state index contributed by atoms with van der Waals surface area (Å²) in [4.78, 5) is 0. The van der Waals surface area contributed by atoms with Crippen molar-refractivity contribution in [3.63, 3.8) is 0 Å². The van der Waals surface area contributed by atoms with E-state index in [1.807, 2.05) is 0 Å². The number of unbranched alkanes of at least 4 members (excludes halogenated alkanes) is 3. The molecule has 0 atom stereocenters. The summed E-state index contributed by atoms with van der Waals surface area (Å²) >= 11 is 4.95. The van der Waals surface area contributed by atoms with Gasteiger partial charge in [0.25, 0.3) is 0 Å². The van der Waals surface area contributed by atoms with E-state index < -0.39 is 25.6 Å². The molecule has 32 heavy (non-hydrogen) atoms. The van der Waals surface area contributed by atoms with Gasteiger partial charge >= 0.3 is 5.38 Å². The molecule has 1 aromatic carbocycles. The van der Waals surface area contributed by atoms with E-state index >= 15 is 0 Å². The van der Waals surface area contributed by atoms with Crippen LogP contribution < -0.4 is 0 Å². The van der Waals surface area contributed by atoms with Crippen LogP contribution in [-0.4, -0.2) is 8.80 Å². The topological polar surface area (TPSA) is 0 Å². The van der Waals surface area contributed by atoms with Crippen LogP contribution in [0, 0.1) is 23.6 Å². The normalized spacial score (nSPS) is 26.9. The second kappa shape index (κ2) is 12.8. The quantitative estimate of drug-likeness (QED) is 0.166. The van der Waals surface area contributed by atoms with Gasteiger partial charge in [-0.1, -0.05) is 88.9 Å². The first-order chi connectivity index (χ1) is 15.4. The van der Waals surface area contributed by atoms with Gasteiger partial charge < -0.3 is 0 Å². The Balaban J connectivity index is 1.29. The first kappa shape index (κ1) is 26.1. The Hall–Kier alpha value is -0.483. The average molecular weight is 487 g/mol. The molecule has 0 aromatic heterocycles. The molecule has 0 radical (unpaired) electrons. The van der Waals surface area contributed by atoms with Crippen molar-refractivity contribution >= 4 is 20.4 Å². The molecule has 0 spiro atoms. The van der Waals surface area contributed by atoms with E-state index in [-0.39, 0.29) is 0 Å². The van der Waals surface area contributed by atoms with Crippen LogP contribution in [-0.2, 0) is 11.8 Å². The second-order valence-corrected chi connectivity index (χ2v) is 14.6. The molecule has 0 N–H and O–H groups in total. The Morgan fingerprint density at radius 2 is 1.62 bits per heavy atom. The zero-order chi connectivity index (χ0) is 23.0. The molecule has 5 heteroatoms. The molecule has 0 unspecified atom stereocenters. The summed E-state index contributed by atoms with van der Waals surface area (Å²) in [5, 5.41) is -3.64. The van der Waals surface area contributed by atoms with Crippen LogP contribution in [0.25, 0.3) is 0 Å². The molecule has 1 saturated carbocycles.